The van der Waals surface area contributed by atoms with Gasteiger partial charge in [0, 0.05) is 12.1 Å². The van der Waals surface area contributed by atoms with Crippen LogP contribution in [0.1, 0.15) is 79.0 Å². The van der Waals surface area contributed by atoms with Gasteiger partial charge < -0.3 is 25.4 Å². The smallest absolute Gasteiger partial charge is 0.408 e. The Balaban J connectivity index is 2.55. The molecule has 0 aromatic heterocycles. The number of benzene rings is 2. The van der Waals surface area contributed by atoms with Crippen LogP contribution in [0.4, 0.5) is 4.79 Å². The van der Waals surface area contributed by atoms with Gasteiger partial charge in [0.1, 0.15) is 23.4 Å². The van der Waals surface area contributed by atoms with Crippen LogP contribution in [0.3, 0.4) is 0 Å². The molecule has 0 aliphatic rings. The molecule has 0 spiro atoms. The van der Waals surface area contributed by atoms with Crippen LogP contribution >= 0.6 is 0 Å². The Hall–Kier alpha value is -3.55. The molecule has 0 bridgehead atoms. The minimum Gasteiger partial charge on any atom is -0.508 e. The summed E-state index contributed by atoms with van der Waals surface area (Å²) in [4.78, 5) is 42.3. The fourth-order valence-corrected chi connectivity index (χ4v) is 4.04. The summed E-state index contributed by atoms with van der Waals surface area (Å²) in [7, 11) is 0. The highest BCUT2D eigenvalue weighted by Crippen LogP contribution is 2.34. The van der Waals surface area contributed by atoms with Crippen molar-refractivity contribution in [3.8, 4) is 5.75 Å². The third-order valence-corrected chi connectivity index (χ3v) is 6.36. The Morgan fingerprint density at radius 2 is 1.61 bits per heavy atom. The summed E-state index contributed by atoms with van der Waals surface area (Å²) in [5, 5.41) is 15.9. The number of phenols is 1. The lowest BCUT2D eigenvalue weighted by molar-refractivity contribution is -0.150. The molecule has 2 unspecified atom stereocenters. The maximum atomic E-state index is 14.3. The standard InChI is InChI=1S/C30H43N3O5/c1-9-30(7,8)33(27(36)24(20(2)3)32-28(37)38-29(4,5)6)25(22-16-13-17-23(34)18-22)26(35)31-19-21-14-11-10-12-15-21/h10-18,20,24-25,34H,9,19H2,1-8H3,(H,31,35)(H,32,37). The van der Waals surface area contributed by atoms with Gasteiger partial charge in [-0.05, 0) is 70.2 Å². The second kappa shape index (κ2) is 12.8. The minimum atomic E-state index is -1.06. The monoisotopic (exact) mass is 525 g/mol. The molecular formula is C30H43N3O5. The summed E-state index contributed by atoms with van der Waals surface area (Å²) in [6.45, 7) is 14.9. The molecular weight excluding hydrogens is 482 g/mol. The predicted molar refractivity (Wildman–Crippen MR) is 148 cm³/mol. The normalized spacial score (nSPS) is 13.4. The van der Waals surface area contributed by atoms with Gasteiger partial charge in [0.25, 0.3) is 0 Å². The number of carbonyl (C=O) groups excluding carboxylic acids is 3. The number of hydrogen-bond donors (Lipinski definition) is 3. The lowest BCUT2D eigenvalue weighted by Crippen LogP contribution is -2.60. The Kier molecular flexibility index (Phi) is 10.3. The first-order chi connectivity index (χ1) is 17.7. The zero-order chi connectivity index (χ0) is 28.7. The lowest BCUT2D eigenvalue weighted by Gasteiger charge is -2.45. The molecule has 2 rings (SSSR count). The van der Waals surface area contributed by atoms with E-state index in [4.69, 9.17) is 4.74 Å². The average molecular weight is 526 g/mol. The minimum absolute atomic E-state index is 0.0163. The van der Waals surface area contributed by atoms with Crippen molar-refractivity contribution in [3.05, 3.63) is 65.7 Å². The largest absolute Gasteiger partial charge is 0.508 e. The summed E-state index contributed by atoms with van der Waals surface area (Å²) in [5.74, 6) is -1.12. The van der Waals surface area contributed by atoms with Crippen LogP contribution in [0.15, 0.2) is 54.6 Å². The van der Waals surface area contributed by atoms with Crippen molar-refractivity contribution in [2.45, 2.75) is 91.6 Å². The Morgan fingerprint density at radius 3 is 2.13 bits per heavy atom. The zero-order valence-electron chi connectivity index (χ0n) is 23.9. The van der Waals surface area contributed by atoms with E-state index in [2.05, 4.69) is 10.6 Å². The molecule has 2 aromatic carbocycles. The van der Waals surface area contributed by atoms with Crippen molar-refractivity contribution in [2.75, 3.05) is 0 Å². The number of rotatable bonds is 10. The van der Waals surface area contributed by atoms with Crippen LogP contribution in [0, 0.1) is 5.92 Å². The average Bonchev–Trinajstić information content (AvgIpc) is 2.83. The summed E-state index contributed by atoms with van der Waals surface area (Å²) < 4.78 is 5.42. The molecule has 0 radical (unpaired) electrons. The number of amides is 3. The quantitative estimate of drug-likeness (QED) is 0.389. The van der Waals surface area contributed by atoms with Gasteiger partial charge >= 0.3 is 6.09 Å². The molecule has 2 aromatic rings. The van der Waals surface area contributed by atoms with Gasteiger partial charge in [0.2, 0.25) is 11.8 Å². The third-order valence-electron chi connectivity index (χ3n) is 6.36. The number of nitrogens with zero attached hydrogens (tertiary/aromatic N) is 1. The van der Waals surface area contributed by atoms with Crippen molar-refractivity contribution in [2.24, 2.45) is 5.92 Å². The lowest BCUT2D eigenvalue weighted by atomic mass is 9.90. The topological polar surface area (TPSA) is 108 Å². The molecule has 8 nitrogen and oxygen atoms in total. The van der Waals surface area contributed by atoms with Crippen LogP contribution in [-0.2, 0) is 20.9 Å². The molecule has 208 valence electrons. The maximum absolute atomic E-state index is 14.3. The number of hydrogen-bond acceptors (Lipinski definition) is 5. The van der Waals surface area contributed by atoms with E-state index in [9.17, 15) is 19.5 Å². The van der Waals surface area contributed by atoms with Crippen LogP contribution in [0.25, 0.3) is 0 Å². The SMILES string of the molecule is CCC(C)(C)N(C(=O)C(NC(=O)OC(C)(C)C)C(C)C)C(C(=O)NCc1ccccc1)c1cccc(O)c1. The predicted octanol–water partition coefficient (Wildman–Crippen LogP) is 5.32. The van der Waals surface area contributed by atoms with Crippen molar-refractivity contribution >= 4 is 17.9 Å². The van der Waals surface area contributed by atoms with E-state index in [0.717, 1.165) is 5.56 Å². The van der Waals surface area contributed by atoms with E-state index >= 15 is 0 Å². The van der Waals surface area contributed by atoms with Crippen LogP contribution in [0.2, 0.25) is 0 Å². The van der Waals surface area contributed by atoms with E-state index in [1.54, 1.807) is 32.9 Å². The molecule has 0 aliphatic heterocycles. The fraction of sp³-hybridized carbons (Fsp3) is 0.500. The molecule has 0 aliphatic carbocycles. The first-order valence-corrected chi connectivity index (χ1v) is 13.1. The second-order valence-electron chi connectivity index (χ2n) is 11.4. The Bertz CT molecular complexity index is 1090. The van der Waals surface area contributed by atoms with Gasteiger partial charge in [-0.1, -0.05) is 63.2 Å². The third kappa shape index (κ3) is 8.50. The van der Waals surface area contributed by atoms with Gasteiger partial charge in [-0.25, -0.2) is 4.79 Å². The molecule has 0 saturated heterocycles. The van der Waals surface area contributed by atoms with Gasteiger partial charge in [0.05, 0.1) is 0 Å². The molecule has 0 saturated carbocycles. The highest BCUT2D eigenvalue weighted by atomic mass is 16.6. The zero-order valence-corrected chi connectivity index (χ0v) is 23.9. The van der Waals surface area contributed by atoms with Gasteiger partial charge in [-0.15, -0.1) is 0 Å². The molecule has 3 N–H and O–H groups in total. The summed E-state index contributed by atoms with van der Waals surface area (Å²) >= 11 is 0. The second-order valence-corrected chi connectivity index (χ2v) is 11.4. The molecule has 38 heavy (non-hydrogen) atoms. The fourth-order valence-electron chi connectivity index (χ4n) is 4.04. The summed E-state index contributed by atoms with van der Waals surface area (Å²) in [5.41, 5.74) is -0.140. The van der Waals surface area contributed by atoms with Crippen molar-refractivity contribution in [1.29, 1.82) is 0 Å². The highest BCUT2D eigenvalue weighted by molar-refractivity contribution is 5.93. The number of nitrogens with one attached hydrogen (secondary N) is 2. The Morgan fingerprint density at radius 1 is 0.974 bits per heavy atom. The summed E-state index contributed by atoms with van der Waals surface area (Å²) in [6.07, 6.45) is -0.168. The maximum Gasteiger partial charge on any atom is 0.408 e. The van der Waals surface area contributed by atoms with E-state index in [0.29, 0.717) is 12.0 Å². The van der Waals surface area contributed by atoms with Gasteiger partial charge in [-0.3, -0.25) is 9.59 Å². The van der Waals surface area contributed by atoms with Crippen molar-refractivity contribution in [3.63, 3.8) is 0 Å². The molecule has 0 heterocycles. The number of phenolic OH excluding ortho intramolecular Hbond substituents is 1. The summed E-state index contributed by atoms with van der Waals surface area (Å²) in [6, 6.07) is 13.8. The van der Waals surface area contributed by atoms with Gasteiger partial charge in [0.15, 0.2) is 0 Å². The highest BCUT2D eigenvalue weighted by Gasteiger charge is 2.43. The van der Waals surface area contributed by atoms with Crippen LogP contribution in [-0.4, -0.2) is 45.1 Å². The van der Waals surface area contributed by atoms with E-state index in [-0.39, 0.29) is 18.2 Å². The van der Waals surface area contributed by atoms with Gasteiger partial charge in [-0.2, -0.15) is 0 Å². The van der Waals surface area contributed by atoms with E-state index in [1.165, 1.54) is 17.0 Å². The van der Waals surface area contributed by atoms with Crippen LogP contribution < -0.4 is 10.6 Å². The molecule has 2 atom stereocenters. The van der Waals surface area contributed by atoms with Crippen LogP contribution in [0.5, 0.6) is 5.75 Å². The molecule has 0 fully saturated rings. The first-order valence-electron chi connectivity index (χ1n) is 13.1. The Labute approximate surface area is 226 Å². The molecule has 3 amide bonds. The van der Waals surface area contributed by atoms with Crippen molar-refractivity contribution in [1.82, 2.24) is 15.5 Å². The number of aromatic hydroxyl groups is 1. The van der Waals surface area contributed by atoms with Crippen molar-refractivity contribution < 1.29 is 24.2 Å². The van der Waals surface area contributed by atoms with E-state index < -0.39 is 41.1 Å². The number of ether oxygens (including phenoxy) is 1. The number of carbonyl (C=O) groups is 3. The van der Waals surface area contributed by atoms with E-state index in [1.807, 2.05) is 65.0 Å². The molecule has 8 heteroatoms. The first kappa shape index (κ1) is 30.7. The number of alkyl carbamates (subject to hydrolysis) is 1.